The first-order chi connectivity index (χ1) is 8.48. The van der Waals surface area contributed by atoms with E-state index in [1.54, 1.807) is 0 Å². The summed E-state index contributed by atoms with van der Waals surface area (Å²) in [6.07, 6.45) is 4.24. The molecule has 0 aliphatic carbocycles. The number of hydrogen-bond donors (Lipinski definition) is 1. The highest BCUT2D eigenvalue weighted by molar-refractivity contribution is 8.07. The molecule has 1 fully saturated rings. The van der Waals surface area contributed by atoms with Gasteiger partial charge in [0, 0.05) is 40.1 Å². The monoisotopic (exact) mass is 311 g/mol. The zero-order chi connectivity index (χ0) is 13.6. The van der Waals surface area contributed by atoms with Crippen LogP contribution in [-0.4, -0.2) is 55.5 Å². The van der Waals surface area contributed by atoms with E-state index in [9.17, 15) is 8.42 Å². The molecule has 3 nitrogen and oxygen atoms in total. The predicted molar refractivity (Wildman–Crippen MR) is 84.6 cm³/mol. The molecule has 0 amide bonds. The van der Waals surface area contributed by atoms with Gasteiger partial charge in [-0.3, -0.25) is 0 Å². The van der Waals surface area contributed by atoms with Gasteiger partial charge in [0.2, 0.25) is 0 Å². The third-order valence-electron chi connectivity index (χ3n) is 3.29. The van der Waals surface area contributed by atoms with Crippen molar-refractivity contribution < 1.29 is 8.42 Å². The first-order valence-electron chi connectivity index (χ1n) is 6.56. The standard InChI is InChI=1S/C12H25NO2S3/c1-4-11-12(17-8-7-16-11)10(13-2)6-5-9-18(3,14)15/h10-13H,4-9H2,1-3H3. The van der Waals surface area contributed by atoms with Gasteiger partial charge in [-0.15, -0.1) is 0 Å². The van der Waals surface area contributed by atoms with E-state index in [0.29, 0.717) is 22.3 Å². The fourth-order valence-electron chi connectivity index (χ4n) is 2.35. The Hall–Kier alpha value is 0.610. The zero-order valence-corrected chi connectivity index (χ0v) is 14.0. The topological polar surface area (TPSA) is 46.2 Å². The van der Waals surface area contributed by atoms with Crippen LogP contribution >= 0.6 is 23.5 Å². The second kappa shape index (κ2) is 8.02. The molecule has 1 N–H and O–H groups in total. The summed E-state index contributed by atoms with van der Waals surface area (Å²) < 4.78 is 22.3. The Morgan fingerprint density at radius 1 is 1.33 bits per heavy atom. The molecule has 1 heterocycles. The van der Waals surface area contributed by atoms with E-state index in [1.807, 2.05) is 7.05 Å². The third-order valence-corrected chi connectivity index (χ3v) is 7.73. The Bertz CT molecular complexity index is 332. The second-order valence-electron chi connectivity index (χ2n) is 4.82. The van der Waals surface area contributed by atoms with Crippen molar-refractivity contribution >= 4 is 33.4 Å². The maximum atomic E-state index is 11.2. The van der Waals surface area contributed by atoms with E-state index in [1.165, 1.54) is 24.2 Å². The molecule has 0 aromatic rings. The van der Waals surface area contributed by atoms with Crippen molar-refractivity contribution in [1.29, 1.82) is 0 Å². The van der Waals surface area contributed by atoms with Crippen LogP contribution in [0.5, 0.6) is 0 Å². The quantitative estimate of drug-likeness (QED) is 0.779. The maximum absolute atomic E-state index is 11.2. The molecule has 3 unspecified atom stereocenters. The summed E-state index contributed by atoms with van der Waals surface area (Å²) in [6.45, 7) is 2.25. The van der Waals surface area contributed by atoms with Crippen LogP contribution in [0.3, 0.4) is 0 Å². The van der Waals surface area contributed by atoms with Gasteiger partial charge in [0.1, 0.15) is 9.84 Å². The van der Waals surface area contributed by atoms with Crippen molar-refractivity contribution in [2.75, 3.05) is 30.6 Å². The molecule has 0 aromatic heterocycles. The summed E-state index contributed by atoms with van der Waals surface area (Å²) in [6, 6.07) is 0.439. The smallest absolute Gasteiger partial charge is 0.147 e. The maximum Gasteiger partial charge on any atom is 0.147 e. The Morgan fingerprint density at radius 2 is 2.00 bits per heavy atom. The van der Waals surface area contributed by atoms with Crippen molar-refractivity contribution in [1.82, 2.24) is 5.32 Å². The van der Waals surface area contributed by atoms with E-state index in [-0.39, 0.29) is 0 Å². The van der Waals surface area contributed by atoms with Gasteiger partial charge in [0.25, 0.3) is 0 Å². The number of thioether (sulfide) groups is 2. The number of sulfone groups is 1. The summed E-state index contributed by atoms with van der Waals surface area (Å²) in [5.41, 5.74) is 0. The summed E-state index contributed by atoms with van der Waals surface area (Å²) in [5, 5.41) is 4.72. The molecule has 1 aliphatic heterocycles. The summed E-state index contributed by atoms with van der Waals surface area (Å²) in [5.74, 6) is 2.78. The van der Waals surface area contributed by atoms with Crippen molar-refractivity contribution in [3.05, 3.63) is 0 Å². The predicted octanol–water partition coefficient (Wildman–Crippen LogP) is 2.03. The van der Waals surface area contributed by atoms with E-state index in [4.69, 9.17) is 0 Å². The molecule has 1 saturated heterocycles. The average molecular weight is 312 g/mol. The summed E-state index contributed by atoms with van der Waals surface area (Å²) >= 11 is 4.13. The number of nitrogens with one attached hydrogen (secondary N) is 1. The van der Waals surface area contributed by atoms with Crippen LogP contribution in [0, 0.1) is 0 Å². The fraction of sp³-hybridized carbons (Fsp3) is 1.00. The Labute approximate surface area is 120 Å². The zero-order valence-electron chi connectivity index (χ0n) is 11.5. The minimum atomic E-state index is -2.82. The molecule has 0 radical (unpaired) electrons. The SMILES string of the molecule is CCC1SCCSC1C(CCCS(C)(=O)=O)NC. The van der Waals surface area contributed by atoms with Crippen LogP contribution in [0.4, 0.5) is 0 Å². The fourth-order valence-corrected chi connectivity index (χ4v) is 6.38. The normalized spacial score (nSPS) is 27.1. The Balaban J connectivity index is 2.48. The van der Waals surface area contributed by atoms with Crippen LogP contribution in [0.25, 0.3) is 0 Å². The van der Waals surface area contributed by atoms with Gasteiger partial charge < -0.3 is 5.32 Å². The molecular formula is C12H25NO2S3. The molecule has 1 aliphatic rings. The molecule has 1 rings (SSSR count). The van der Waals surface area contributed by atoms with Gasteiger partial charge in [0.15, 0.2) is 0 Å². The highest BCUT2D eigenvalue weighted by Gasteiger charge is 2.30. The molecule has 0 spiro atoms. The summed E-state index contributed by atoms with van der Waals surface area (Å²) in [7, 11) is -0.820. The lowest BCUT2D eigenvalue weighted by Gasteiger charge is -2.35. The third kappa shape index (κ3) is 5.72. The molecular weight excluding hydrogens is 286 g/mol. The lowest BCUT2D eigenvalue weighted by Crippen LogP contribution is -2.43. The number of hydrogen-bond acceptors (Lipinski definition) is 5. The van der Waals surface area contributed by atoms with Crippen molar-refractivity contribution in [2.45, 2.75) is 42.7 Å². The van der Waals surface area contributed by atoms with Gasteiger partial charge in [-0.1, -0.05) is 6.92 Å². The average Bonchev–Trinajstić information content (AvgIpc) is 2.33. The molecule has 0 aromatic carbocycles. The lowest BCUT2D eigenvalue weighted by atomic mass is 10.0. The van der Waals surface area contributed by atoms with Crippen LogP contribution in [0.2, 0.25) is 0 Å². The minimum absolute atomic E-state index is 0.312. The molecule has 108 valence electrons. The van der Waals surface area contributed by atoms with Crippen molar-refractivity contribution in [2.24, 2.45) is 0 Å². The molecule has 3 atom stereocenters. The van der Waals surface area contributed by atoms with Crippen LogP contribution < -0.4 is 5.32 Å². The van der Waals surface area contributed by atoms with Crippen LogP contribution in [0.15, 0.2) is 0 Å². The minimum Gasteiger partial charge on any atom is -0.316 e. The highest BCUT2D eigenvalue weighted by atomic mass is 32.2. The first-order valence-corrected chi connectivity index (χ1v) is 10.7. The van der Waals surface area contributed by atoms with E-state index in [2.05, 4.69) is 35.8 Å². The van der Waals surface area contributed by atoms with Crippen LogP contribution in [-0.2, 0) is 9.84 Å². The Kier molecular flexibility index (Phi) is 7.43. The van der Waals surface area contributed by atoms with Crippen LogP contribution in [0.1, 0.15) is 26.2 Å². The second-order valence-corrected chi connectivity index (χ2v) is 9.71. The van der Waals surface area contributed by atoms with Crippen molar-refractivity contribution in [3.8, 4) is 0 Å². The first kappa shape index (κ1) is 16.7. The Morgan fingerprint density at radius 3 is 2.56 bits per heavy atom. The van der Waals surface area contributed by atoms with E-state index < -0.39 is 9.84 Å². The van der Waals surface area contributed by atoms with Gasteiger partial charge in [-0.25, -0.2) is 8.42 Å². The van der Waals surface area contributed by atoms with Crippen molar-refractivity contribution in [3.63, 3.8) is 0 Å². The van der Waals surface area contributed by atoms with E-state index >= 15 is 0 Å². The molecule has 6 heteroatoms. The highest BCUT2D eigenvalue weighted by Crippen LogP contribution is 2.36. The van der Waals surface area contributed by atoms with Gasteiger partial charge in [-0.2, -0.15) is 23.5 Å². The molecule has 0 saturated carbocycles. The molecule has 18 heavy (non-hydrogen) atoms. The molecule has 0 bridgehead atoms. The van der Waals surface area contributed by atoms with Gasteiger partial charge in [-0.05, 0) is 26.3 Å². The largest absolute Gasteiger partial charge is 0.316 e. The van der Waals surface area contributed by atoms with E-state index in [0.717, 1.165) is 12.8 Å². The lowest BCUT2D eigenvalue weighted by molar-refractivity contribution is 0.482. The van der Waals surface area contributed by atoms with Gasteiger partial charge in [0.05, 0.1) is 0 Å². The van der Waals surface area contributed by atoms with Gasteiger partial charge >= 0.3 is 0 Å². The summed E-state index contributed by atoms with van der Waals surface area (Å²) in [4.78, 5) is 0. The number of rotatable bonds is 7.